The van der Waals surface area contributed by atoms with Crippen molar-refractivity contribution >= 4 is 11.8 Å². The molecular weight excluding hydrogens is 258 g/mol. The lowest BCUT2D eigenvalue weighted by Crippen LogP contribution is -2.39. The highest BCUT2D eigenvalue weighted by molar-refractivity contribution is 6.04. The Hall–Kier alpha value is -1.66. The molecule has 0 saturated heterocycles. The standard InChI is InChI=1S/C14H23N3O3/c1-16(8-4-3-5-10-18)11-13(19)15-14(20)12-7-6-9-17(12)2/h6-7,9,18H,3-5,8,10-11H2,1-2H3,(H,15,19,20). The summed E-state index contributed by atoms with van der Waals surface area (Å²) in [7, 11) is 3.60. The summed E-state index contributed by atoms with van der Waals surface area (Å²) in [5.74, 6) is -0.683. The molecule has 0 spiro atoms. The van der Waals surface area contributed by atoms with Crippen molar-refractivity contribution in [2.75, 3.05) is 26.7 Å². The maximum atomic E-state index is 11.8. The van der Waals surface area contributed by atoms with Crippen LogP contribution < -0.4 is 5.32 Å². The number of nitrogens with zero attached hydrogens (tertiary/aromatic N) is 2. The molecule has 2 amide bonds. The van der Waals surface area contributed by atoms with E-state index in [0.717, 1.165) is 25.8 Å². The summed E-state index contributed by atoms with van der Waals surface area (Å²) in [4.78, 5) is 25.4. The molecule has 0 radical (unpaired) electrons. The number of rotatable bonds is 8. The van der Waals surface area contributed by atoms with Crippen LogP contribution in [0.2, 0.25) is 0 Å². The number of hydrogen-bond acceptors (Lipinski definition) is 4. The van der Waals surface area contributed by atoms with E-state index >= 15 is 0 Å². The van der Waals surface area contributed by atoms with E-state index in [4.69, 9.17) is 5.11 Å². The molecule has 2 N–H and O–H groups in total. The van der Waals surface area contributed by atoms with Gasteiger partial charge in [-0.15, -0.1) is 0 Å². The number of aromatic nitrogens is 1. The number of aliphatic hydroxyl groups excluding tert-OH is 1. The molecule has 0 unspecified atom stereocenters. The number of aliphatic hydroxyl groups is 1. The van der Waals surface area contributed by atoms with E-state index in [9.17, 15) is 9.59 Å². The lowest BCUT2D eigenvalue weighted by atomic mass is 10.2. The van der Waals surface area contributed by atoms with Gasteiger partial charge in [-0.25, -0.2) is 0 Å². The first kappa shape index (κ1) is 16.4. The van der Waals surface area contributed by atoms with Gasteiger partial charge in [0.15, 0.2) is 0 Å². The molecule has 1 heterocycles. The van der Waals surface area contributed by atoms with Crippen molar-refractivity contribution in [2.45, 2.75) is 19.3 Å². The van der Waals surface area contributed by atoms with Crippen LogP contribution in [0.4, 0.5) is 0 Å². The number of imide groups is 1. The van der Waals surface area contributed by atoms with Gasteiger partial charge < -0.3 is 9.67 Å². The summed E-state index contributed by atoms with van der Waals surface area (Å²) in [6.07, 6.45) is 4.40. The SMILES string of the molecule is CN(CCCCCO)CC(=O)NC(=O)c1cccn1C. The Labute approximate surface area is 119 Å². The highest BCUT2D eigenvalue weighted by Crippen LogP contribution is 1.99. The number of hydrogen-bond donors (Lipinski definition) is 2. The van der Waals surface area contributed by atoms with Crippen molar-refractivity contribution in [2.24, 2.45) is 7.05 Å². The average Bonchev–Trinajstić information content (AvgIpc) is 2.80. The lowest BCUT2D eigenvalue weighted by Gasteiger charge is -2.15. The second-order valence-corrected chi connectivity index (χ2v) is 4.90. The van der Waals surface area contributed by atoms with Crippen molar-refractivity contribution < 1.29 is 14.7 Å². The number of nitrogens with one attached hydrogen (secondary N) is 1. The third kappa shape index (κ3) is 5.54. The van der Waals surface area contributed by atoms with Gasteiger partial charge in [-0.3, -0.25) is 19.8 Å². The molecule has 0 aromatic carbocycles. The largest absolute Gasteiger partial charge is 0.396 e. The Bertz CT molecular complexity index is 443. The molecule has 0 bridgehead atoms. The van der Waals surface area contributed by atoms with E-state index in [-0.39, 0.29) is 25.0 Å². The van der Waals surface area contributed by atoms with Crippen LogP contribution in [0.1, 0.15) is 29.8 Å². The first-order chi connectivity index (χ1) is 9.54. The Balaban J connectivity index is 2.29. The molecule has 0 aliphatic carbocycles. The van der Waals surface area contributed by atoms with Crippen LogP contribution in [-0.4, -0.2) is 53.1 Å². The zero-order valence-corrected chi connectivity index (χ0v) is 12.1. The highest BCUT2D eigenvalue weighted by atomic mass is 16.3. The predicted octanol–water partition coefficient (Wildman–Crippen LogP) is 0.376. The molecule has 1 rings (SSSR count). The lowest BCUT2D eigenvalue weighted by molar-refractivity contribution is -0.121. The highest BCUT2D eigenvalue weighted by Gasteiger charge is 2.13. The van der Waals surface area contributed by atoms with Crippen LogP contribution in [0.15, 0.2) is 18.3 Å². The van der Waals surface area contributed by atoms with Crippen molar-refractivity contribution in [3.05, 3.63) is 24.0 Å². The van der Waals surface area contributed by atoms with Crippen molar-refractivity contribution in [1.29, 1.82) is 0 Å². The monoisotopic (exact) mass is 281 g/mol. The van der Waals surface area contributed by atoms with Gasteiger partial charge >= 0.3 is 0 Å². The van der Waals surface area contributed by atoms with Gasteiger partial charge in [0.2, 0.25) is 5.91 Å². The maximum absolute atomic E-state index is 11.8. The van der Waals surface area contributed by atoms with Crippen molar-refractivity contribution in [1.82, 2.24) is 14.8 Å². The maximum Gasteiger partial charge on any atom is 0.274 e. The van der Waals surface area contributed by atoms with Gasteiger partial charge in [-0.2, -0.15) is 0 Å². The second kappa shape index (κ2) is 8.50. The quantitative estimate of drug-likeness (QED) is 0.675. The number of unbranched alkanes of at least 4 members (excludes halogenated alkanes) is 2. The number of aryl methyl sites for hydroxylation is 1. The molecule has 0 atom stereocenters. The Morgan fingerprint density at radius 3 is 2.70 bits per heavy atom. The number of carbonyl (C=O) groups excluding carboxylic acids is 2. The fourth-order valence-corrected chi connectivity index (χ4v) is 1.92. The summed E-state index contributed by atoms with van der Waals surface area (Å²) >= 11 is 0. The van der Waals surface area contributed by atoms with Crippen molar-refractivity contribution in [3.8, 4) is 0 Å². The molecular formula is C14H23N3O3. The molecule has 20 heavy (non-hydrogen) atoms. The average molecular weight is 281 g/mol. The number of likely N-dealkylation sites (N-methyl/N-ethyl adjacent to an activating group) is 1. The summed E-state index contributed by atoms with van der Waals surface area (Å²) in [5.41, 5.74) is 0.462. The summed E-state index contributed by atoms with van der Waals surface area (Å²) in [6.45, 7) is 1.16. The van der Waals surface area contributed by atoms with Crippen LogP contribution in [0.3, 0.4) is 0 Å². The van der Waals surface area contributed by atoms with Crippen LogP contribution in [-0.2, 0) is 11.8 Å². The van der Waals surface area contributed by atoms with E-state index in [2.05, 4.69) is 5.32 Å². The fourth-order valence-electron chi connectivity index (χ4n) is 1.92. The van der Waals surface area contributed by atoms with E-state index in [1.807, 2.05) is 11.9 Å². The third-order valence-electron chi connectivity index (χ3n) is 3.04. The van der Waals surface area contributed by atoms with E-state index in [1.165, 1.54) is 0 Å². The van der Waals surface area contributed by atoms with Crippen LogP contribution in [0, 0.1) is 0 Å². The molecule has 0 aliphatic heterocycles. The first-order valence-electron chi connectivity index (χ1n) is 6.79. The third-order valence-corrected chi connectivity index (χ3v) is 3.04. The first-order valence-corrected chi connectivity index (χ1v) is 6.79. The molecule has 6 nitrogen and oxygen atoms in total. The predicted molar refractivity (Wildman–Crippen MR) is 76.3 cm³/mol. The van der Waals surface area contributed by atoms with Gasteiger partial charge in [-0.05, 0) is 45.0 Å². The van der Waals surface area contributed by atoms with Gasteiger partial charge in [-0.1, -0.05) is 0 Å². The van der Waals surface area contributed by atoms with Crippen LogP contribution in [0.25, 0.3) is 0 Å². The molecule has 0 aliphatic rings. The molecule has 6 heteroatoms. The minimum atomic E-state index is -0.379. The molecule has 0 fully saturated rings. The molecule has 1 aromatic heterocycles. The minimum Gasteiger partial charge on any atom is -0.396 e. The second-order valence-electron chi connectivity index (χ2n) is 4.90. The fraction of sp³-hybridized carbons (Fsp3) is 0.571. The van der Waals surface area contributed by atoms with Crippen LogP contribution in [0.5, 0.6) is 0 Å². The molecule has 112 valence electrons. The summed E-state index contributed by atoms with van der Waals surface area (Å²) in [6, 6.07) is 3.42. The Morgan fingerprint density at radius 1 is 1.35 bits per heavy atom. The van der Waals surface area contributed by atoms with Crippen molar-refractivity contribution in [3.63, 3.8) is 0 Å². The summed E-state index contributed by atoms with van der Waals surface area (Å²) in [5, 5.41) is 11.0. The molecule has 1 aromatic rings. The van der Waals surface area contributed by atoms with Crippen LogP contribution >= 0.6 is 0 Å². The topological polar surface area (TPSA) is 74.6 Å². The minimum absolute atomic E-state index is 0.190. The van der Waals surface area contributed by atoms with Gasteiger partial charge in [0, 0.05) is 19.9 Å². The Kier molecular flexibility index (Phi) is 6.97. The normalized spacial score (nSPS) is 10.8. The number of amides is 2. The summed E-state index contributed by atoms with van der Waals surface area (Å²) < 4.78 is 1.67. The van der Waals surface area contributed by atoms with Gasteiger partial charge in [0.05, 0.1) is 6.54 Å². The smallest absolute Gasteiger partial charge is 0.274 e. The Morgan fingerprint density at radius 2 is 2.10 bits per heavy atom. The zero-order chi connectivity index (χ0) is 15.0. The van der Waals surface area contributed by atoms with Gasteiger partial charge in [0.1, 0.15) is 5.69 Å². The number of carbonyl (C=O) groups is 2. The van der Waals surface area contributed by atoms with E-state index in [1.54, 1.807) is 29.9 Å². The van der Waals surface area contributed by atoms with E-state index < -0.39 is 0 Å². The van der Waals surface area contributed by atoms with Gasteiger partial charge in [0.25, 0.3) is 5.91 Å². The zero-order valence-electron chi connectivity index (χ0n) is 12.1. The van der Waals surface area contributed by atoms with E-state index in [0.29, 0.717) is 5.69 Å². The molecule has 0 saturated carbocycles.